The molecule has 0 atom stereocenters. The Kier molecular flexibility index (Phi) is 4.89. The number of methoxy groups -OCH3 is 1. The quantitative estimate of drug-likeness (QED) is 0.899. The van der Waals surface area contributed by atoms with Crippen LogP contribution in [-0.4, -0.2) is 19.3 Å². The molecule has 0 amide bonds. The summed E-state index contributed by atoms with van der Waals surface area (Å²) in [4.78, 5) is 0. The van der Waals surface area contributed by atoms with E-state index in [0.29, 0.717) is 13.2 Å². The molecule has 0 fully saturated rings. The second kappa shape index (κ2) is 5.75. The van der Waals surface area contributed by atoms with Crippen LogP contribution in [0, 0.1) is 5.82 Å². The largest absolute Gasteiger partial charge is 0.383 e. The minimum Gasteiger partial charge on any atom is -0.383 e. The first-order valence-electron chi connectivity index (χ1n) is 5.12. The van der Waals surface area contributed by atoms with Gasteiger partial charge in [-0.25, -0.2) is 4.39 Å². The summed E-state index contributed by atoms with van der Waals surface area (Å²) in [7, 11) is 1.67. The summed E-state index contributed by atoms with van der Waals surface area (Å²) in [6, 6.07) is 4.68. The highest BCUT2D eigenvalue weighted by Crippen LogP contribution is 2.18. The molecule has 0 bridgehead atoms. The maximum atomic E-state index is 13.0. The van der Waals surface area contributed by atoms with Crippen molar-refractivity contribution in [2.75, 3.05) is 13.7 Å². The fraction of sp³-hybridized carbons (Fsp3) is 0.500. The summed E-state index contributed by atoms with van der Waals surface area (Å²) in [5.41, 5.74) is 0.782. The van der Waals surface area contributed by atoms with Gasteiger partial charge >= 0.3 is 0 Å². The Morgan fingerprint density at radius 2 is 2.12 bits per heavy atom. The van der Waals surface area contributed by atoms with Gasteiger partial charge in [0.2, 0.25) is 0 Å². The molecule has 1 aromatic rings. The van der Waals surface area contributed by atoms with Crippen LogP contribution in [0.15, 0.2) is 22.7 Å². The lowest BCUT2D eigenvalue weighted by molar-refractivity contribution is 0.127. The van der Waals surface area contributed by atoms with Crippen LogP contribution >= 0.6 is 15.9 Å². The van der Waals surface area contributed by atoms with E-state index < -0.39 is 0 Å². The van der Waals surface area contributed by atoms with Gasteiger partial charge in [-0.3, -0.25) is 0 Å². The number of hydrogen-bond donors (Lipinski definition) is 1. The molecule has 0 radical (unpaired) electrons. The lowest BCUT2D eigenvalue weighted by atomic mass is 10.1. The van der Waals surface area contributed by atoms with Gasteiger partial charge in [-0.05, 0) is 37.6 Å². The Balaban J connectivity index is 2.63. The van der Waals surface area contributed by atoms with Crippen LogP contribution in [0.2, 0.25) is 0 Å². The Morgan fingerprint density at radius 1 is 1.44 bits per heavy atom. The van der Waals surface area contributed by atoms with Gasteiger partial charge in [0.05, 0.1) is 6.61 Å². The van der Waals surface area contributed by atoms with Crippen molar-refractivity contribution in [1.82, 2.24) is 5.32 Å². The Morgan fingerprint density at radius 3 is 2.75 bits per heavy atom. The highest BCUT2D eigenvalue weighted by molar-refractivity contribution is 9.10. The van der Waals surface area contributed by atoms with Gasteiger partial charge in [0.15, 0.2) is 0 Å². The molecule has 1 rings (SSSR count). The molecule has 1 N–H and O–H groups in total. The van der Waals surface area contributed by atoms with Crippen LogP contribution < -0.4 is 5.32 Å². The van der Waals surface area contributed by atoms with Gasteiger partial charge in [-0.15, -0.1) is 0 Å². The zero-order chi connectivity index (χ0) is 12.2. The van der Waals surface area contributed by atoms with Crippen molar-refractivity contribution < 1.29 is 9.13 Å². The third-order valence-electron chi connectivity index (χ3n) is 2.27. The lowest BCUT2D eigenvalue weighted by Gasteiger charge is -2.25. The van der Waals surface area contributed by atoms with Crippen molar-refractivity contribution in [3.05, 3.63) is 34.1 Å². The SMILES string of the molecule is COCC(C)(C)NCc1cc(F)ccc1Br. The van der Waals surface area contributed by atoms with E-state index in [1.54, 1.807) is 13.2 Å². The van der Waals surface area contributed by atoms with E-state index in [0.717, 1.165) is 10.0 Å². The van der Waals surface area contributed by atoms with Gasteiger partial charge < -0.3 is 10.1 Å². The highest BCUT2D eigenvalue weighted by Gasteiger charge is 2.16. The first kappa shape index (κ1) is 13.6. The molecular formula is C12H17BrFNO. The number of nitrogens with one attached hydrogen (secondary N) is 1. The van der Waals surface area contributed by atoms with Crippen LogP contribution in [0.25, 0.3) is 0 Å². The van der Waals surface area contributed by atoms with Crippen LogP contribution in [0.1, 0.15) is 19.4 Å². The average molecular weight is 290 g/mol. The molecule has 0 aliphatic rings. The standard InChI is InChI=1S/C12H17BrFNO/c1-12(2,8-16-3)15-7-9-6-10(14)4-5-11(9)13/h4-6,15H,7-8H2,1-3H3. The van der Waals surface area contributed by atoms with Gasteiger partial charge in [0.25, 0.3) is 0 Å². The smallest absolute Gasteiger partial charge is 0.123 e. The second-order valence-corrected chi connectivity index (χ2v) is 5.26. The summed E-state index contributed by atoms with van der Waals surface area (Å²) in [5.74, 6) is -0.218. The Hall–Kier alpha value is -0.450. The van der Waals surface area contributed by atoms with Crippen molar-refractivity contribution in [2.24, 2.45) is 0 Å². The van der Waals surface area contributed by atoms with Crippen LogP contribution in [0.4, 0.5) is 4.39 Å². The van der Waals surface area contributed by atoms with Crippen molar-refractivity contribution >= 4 is 15.9 Å². The first-order chi connectivity index (χ1) is 7.44. The molecule has 0 saturated heterocycles. The summed E-state index contributed by atoms with van der Waals surface area (Å²) in [5, 5.41) is 3.32. The molecule has 16 heavy (non-hydrogen) atoms. The van der Waals surface area contributed by atoms with E-state index >= 15 is 0 Å². The van der Waals surface area contributed by atoms with Gasteiger partial charge in [0.1, 0.15) is 5.82 Å². The van der Waals surface area contributed by atoms with Crippen molar-refractivity contribution in [3.8, 4) is 0 Å². The number of ether oxygens (including phenoxy) is 1. The van der Waals surface area contributed by atoms with Crippen LogP contribution in [0.3, 0.4) is 0 Å². The summed E-state index contributed by atoms with van der Waals surface area (Å²) in [6.45, 7) is 5.31. The molecule has 0 unspecified atom stereocenters. The van der Waals surface area contributed by atoms with Crippen molar-refractivity contribution in [1.29, 1.82) is 0 Å². The number of rotatable bonds is 5. The number of benzene rings is 1. The third-order valence-corrected chi connectivity index (χ3v) is 3.04. The topological polar surface area (TPSA) is 21.3 Å². The van der Waals surface area contributed by atoms with Crippen molar-refractivity contribution in [2.45, 2.75) is 25.9 Å². The molecule has 1 aromatic carbocycles. The van der Waals surface area contributed by atoms with Crippen LogP contribution in [0.5, 0.6) is 0 Å². The molecule has 0 aliphatic carbocycles. The molecule has 0 aliphatic heterocycles. The minimum atomic E-state index is -0.218. The molecule has 0 spiro atoms. The fourth-order valence-corrected chi connectivity index (χ4v) is 1.81. The van der Waals surface area contributed by atoms with E-state index in [-0.39, 0.29) is 11.4 Å². The first-order valence-corrected chi connectivity index (χ1v) is 5.92. The van der Waals surface area contributed by atoms with Crippen LogP contribution in [-0.2, 0) is 11.3 Å². The highest BCUT2D eigenvalue weighted by atomic mass is 79.9. The molecule has 4 heteroatoms. The lowest BCUT2D eigenvalue weighted by Crippen LogP contribution is -2.42. The Bertz CT molecular complexity index is 355. The predicted octanol–water partition coefficient (Wildman–Crippen LogP) is 3.10. The van der Waals surface area contributed by atoms with E-state index in [1.165, 1.54) is 12.1 Å². The maximum absolute atomic E-state index is 13.0. The second-order valence-electron chi connectivity index (χ2n) is 4.41. The Labute approximate surface area is 104 Å². The monoisotopic (exact) mass is 289 g/mol. The fourth-order valence-electron chi connectivity index (χ4n) is 1.43. The zero-order valence-corrected chi connectivity index (χ0v) is 11.4. The maximum Gasteiger partial charge on any atom is 0.123 e. The average Bonchev–Trinajstić information content (AvgIpc) is 2.19. The number of hydrogen-bond acceptors (Lipinski definition) is 2. The van der Waals surface area contributed by atoms with E-state index in [1.807, 2.05) is 13.8 Å². The molecule has 2 nitrogen and oxygen atoms in total. The summed E-state index contributed by atoms with van der Waals surface area (Å²) >= 11 is 3.40. The number of halogens is 2. The van der Waals surface area contributed by atoms with E-state index in [2.05, 4.69) is 21.2 Å². The van der Waals surface area contributed by atoms with Crippen molar-refractivity contribution in [3.63, 3.8) is 0 Å². The normalized spacial score (nSPS) is 11.8. The molecular weight excluding hydrogens is 273 g/mol. The summed E-state index contributed by atoms with van der Waals surface area (Å²) in [6.07, 6.45) is 0. The van der Waals surface area contributed by atoms with Gasteiger partial charge in [0, 0.05) is 23.7 Å². The minimum absolute atomic E-state index is 0.124. The molecule has 90 valence electrons. The summed E-state index contributed by atoms with van der Waals surface area (Å²) < 4.78 is 19.1. The molecule has 0 saturated carbocycles. The zero-order valence-electron chi connectivity index (χ0n) is 9.81. The third kappa shape index (κ3) is 4.20. The van der Waals surface area contributed by atoms with Gasteiger partial charge in [-0.2, -0.15) is 0 Å². The van der Waals surface area contributed by atoms with Gasteiger partial charge in [-0.1, -0.05) is 15.9 Å². The predicted molar refractivity (Wildman–Crippen MR) is 66.9 cm³/mol. The van der Waals surface area contributed by atoms with E-state index in [4.69, 9.17) is 4.74 Å². The molecule has 0 heterocycles. The molecule has 0 aromatic heterocycles. The van der Waals surface area contributed by atoms with E-state index in [9.17, 15) is 4.39 Å².